The number of guanidine groups is 1. The fourth-order valence-electron chi connectivity index (χ4n) is 8.31. The van der Waals surface area contributed by atoms with Gasteiger partial charge in [0, 0.05) is 32.5 Å². The summed E-state index contributed by atoms with van der Waals surface area (Å²) in [4.78, 5) is 114. The number of carbonyl (C=O) groups excluding carboxylic acids is 7. The van der Waals surface area contributed by atoms with Crippen LogP contribution in [0.15, 0.2) is 65.7 Å². The molecular weight excluding hydrogens is 843 g/mol. The quantitative estimate of drug-likeness (QED) is 0.0330. The Kier molecular flexibility index (Phi) is 18.6. The second-order valence-electron chi connectivity index (χ2n) is 16.4. The van der Waals surface area contributed by atoms with Crippen LogP contribution in [0, 0.1) is 0 Å². The highest BCUT2D eigenvalue weighted by atomic mass is 16.4. The lowest BCUT2D eigenvalue weighted by Crippen LogP contribution is -2.60. The first-order chi connectivity index (χ1) is 31.2. The maximum Gasteiger partial charge on any atom is 0.326 e. The maximum atomic E-state index is 14.0. The number of nitrogens with one attached hydrogen (secondary N) is 6. The normalized spacial score (nSPS) is 19.8. The molecule has 2 aromatic carbocycles. The smallest absolute Gasteiger partial charge is 0.326 e. The van der Waals surface area contributed by atoms with Gasteiger partial charge in [-0.2, -0.15) is 0 Å². The van der Waals surface area contributed by atoms with Crippen LogP contribution >= 0.6 is 0 Å². The summed E-state index contributed by atoms with van der Waals surface area (Å²) in [5.41, 5.74) is 12.0. The van der Waals surface area contributed by atoms with Gasteiger partial charge in [0.25, 0.3) is 0 Å². The number of carboxylic acid groups (broad SMARTS) is 1. The van der Waals surface area contributed by atoms with Crippen molar-refractivity contribution in [2.75, 3.05) is 39.3 Å². The Morgan fingerprint density at radius 1 is 0.708 bits per heavy atom. The van der Waals surface area contributed by atoms with Crippen molar-refractivity contribution in [2.24, 2.45) is 16.5 Å². The van der Waals surface area contributed by atoms with Crippen LogP contribution in [0.2, 0.25) is 0 Å². The van der Waals surface area contributed by atoms with E-state index in [-0.39, 0.29) is 63.1 Å². The lowest BCUT2D eigenvalue weighted by molar-refractivity contribution is -0.144. The van der Waals surface area contributed by atoms with Crippen molar-refractivity contribution in [3.8, 4) is 0 Å². The number of hydrogen-bond donors (Lipinski definition) is 10. The minimum absolute atomic E-state index is 0.00348. The zero-order chi connectivity index (χ0) is 46.9. The van der Waals surface area contributed by atoms with E-state index in [1.807, 2.05) is 0 Å². The number of nitrogens with zero attached hydrogens (tertiary/aromatic N) is 3. The molecule has 65 heavy (non-hydrogen) atoms. The molecule has 3 saturated heterocycles. The van der Waals surface area contributed by atoms with E-state index >= 15 is 0 Å². The predicted octanol–water partition coefficient (Wildman–Crippen LogP) is -2.61. The van der Waals surface area contributed by atoms with Gasteiger partial charge in [0.05, 0.1) is 19.2 Å². The fraction of sp³-hybridized carbons (Fsp3) is 0.523. The molecule has 352 valence electrons. The highest BCUT2D eigenvalue weighted by molar-refractivity contribution is 5.97. The number of amides is 7. The van der Waals surface area contributed by atoms with Crippen molar-refractivity contribution in [3.63, 3.8) is 0 Å². The van der Waals surface area contributed by atoms with Gasteiger partial charge in [-0.15, -0.1) is 0 Å². The van der Waals surface area contributed by atoms with Crippen LogP contribution in [0.4, 0.5) is 0 Å². The minimum atomic E-state index is -1.54. The van der Waals surface area contributed by atoms with Gasteiger partial charge in [-0.1, -0.05) is 60.7 Å². The number of carbonyl (C=O) groups is 8. The van der Waals surface area contributed by atoms with Crippen molar-refractivity contribution in [1.29, 1.82) is 0 Å². The zero-order valence-electron chi connectivity index (χ0n) is 36.3. The van der Waals surface area contributed by atoms with Crippen molar-refractivity contribution >= 4 is 53.3 Å². The third-order valence-electron chi connectivity index (χ3n) is 11.7. The van der Waals surface area contributed by atoms with E-state index in [1.54, 1.807) is 65.6 Å². The number of aliphatic carboxylic acids is 1. The maximum absolute atomic E-state index is 14.0. The Hall–Kier alpha value is -6.61. The van der Waals surface area contributed by atoms with E-state index in [2.05, 4.69) is 36.9 Å². The number of aliphatic hydroxyl groups is 1. The Morgan fingerprint density at radius 3 is 1.83 bits per heavy atom. The monoisotopic (exact) mass is 903 g/mol. The van der Waals surface area contributed by atoms with Crippen LogP contribution in [0.3, 0.4) is 0 Å². The molecule has 0 radical (unpaired) electrons. The van der Waals surface area contributed by atoms with E-state index in [4.69, 9.17) is 11.5 Å². The van der Waals surface area contributed by atoms with Gasteiger partial charge < -0.3 is 63.4 Å². The van der Waals surface area contributed by atoms with Gasteiger partial charge in [0.2, 0.25) is 41.4 Å². The fourth-order valence-corrected chi connectivity index (χ4v) is 8.31. The van der Waals surface area contributed by atoms with E-state index in [0.717, 1.165) is 13.0 Å². The lowest BCUT2D eigenvalue weighted by atomic mass is 10.0. The van der Waals surface area contributed by atoms with Gasteiger partial charge in [-0.25, -0.2) is 4.79 Å². The Bertz CT molecular complexity index is 2010. The molecule has 0 spiro atoms. The summed E-state index contributed by atoms with van der Waals surface area (Å²) in [5, 5.41) is 36.4. The summed E-state index contributed by atoms with van der Waals surface area (Å²) >= 11 is 0. The van der Waals surface area contributed by atoms with E-state index in [1.165, 1.54) is 4.90 Å². The van der Waals surface area contributed by atoms with Crippen molar-refractivity contribution < 1.29 is 48.6 Å². The molecule has 0 aliphatic carbocycles. The molecule has 21 heteroatoms. The summed E-state index contributed by atoms with van der Waals surface area (Å²) in [6.07, 6.45) is 3.42. The van der Waals surface area contributed by atoms with E-state index in [0.29, 0.717) is 43.4 Å². The molecule has 3 aliphatic rings. The predicted molar refractivity (Wildman–Crippen MR) is 236 cm³/mol. The van der Waals surface area contributed by atoms with E-state index in [9.17, 15) is 48.6 Å². The molecule has 0 bridgehead atoms. The Labute approximate surface area is 376 Å². The number of carboxylic acids is 1. The average Bonchev–Trinajstić information content (AvgIpc) is 4.12. The van der Waals surface area contributed by atoms with Crippen LogP contribution in [-0.4, -0.2) is 155 Å². The molecule has 3 heterocycles. The summed E-state index contributed by atoms with van der Waals surface area (Å²) in [7, 11) is 0. The van der Waals surface area contributed by atoms with Crippen LogP contribution < -0.4 is 43.4 Å². The molecule has 7 atom stereocenters. The molecule has 0 saturated carbocycles. The van der Waals surface area contributed by atoms with Crippen LogP contribution in [-0.2, 0) is 51.2 Å². The average molecular weight is 904 g/mol. The van der Waals surface area contributed by atoms with Crippen LogP contribution in [0.5, 0.6) is 0 Å². The molecule has 3 fully saturated rings. The molecule has 7 amide bonds. The number of hydrogen-bond acceptors (Lipinski definition) is 11. The molecule has 0 aromatic heterocycles. The Balaban J connectivity index is 1.23. The Morgan fingerprint density at radius 2 is 1.28 bits per heavy atom. The second-order valence-corrected chi connectivity index (χ2v) is 16.4. The molecule has 3 aliphatic heterocycles. The largest absolute Gasteiger partial charge is 0.480 e. The number of likely N-dealkylation sites (tertiary alicyclic amines) is 2. The lowest BCUT2D eigenvalue weighted by Gasteiger charge is -2.30. The molecule has 21 nitrogen and oxygen atoms in total. The third-order valence-corrected chi connectivity index (χ3v) is 11.7. The third kappa shape index (κ3) is 14.4. The van der Waals surface area contributed by atoms with Gasteiger partial charge in [0.1, 0.15) is 36.3 Å². The van der Waals surface area contributed by atoms with Crippen LogP contribution in [0.1, 0.15) is 62.5 Å². The first-order valence-electron chi connectivity index (χ1n) is 22.0. The standard InChI is InChI=1S/C44H61N11O10/c45-44(46)48-20-8-16-30(43(64)65)51-38(59)32(24-28-13-5-2-6-14-28)52-40(61)35-18-10-22-55(35)42(63)33(26-56)53-37(58)31(23-27-11-3-1-4-12-27)50-36(57)25-49-39(60)34-17-9-21-54(34)41(62)29-15-7-19-47-29/h1-6,11-14,29-35,47,56H,7-10,15-26H2,(H,49,60)(H,50,57)(H,51,59)(H,52,61)(H,53,58)(H,64,65)(H4,45,46,48)/t29-,30+,31+,32+,33-,34-,35+/m0/s1. The highest BCUT2D eigenvalue weighted by Gasteiger charge is 2.41. The van der Waals surface area contributed by atoms with Gasteiger partial charge in [-0.3, -0.25) is 38.6 Å². The summed E-state index contributed by atoms with van der Waals surface area (Å²) in [6.45, 7) is 0.0243. The number of aliphatic hydroxyl groups excluding tert-OH is 1. The first-order valence-corrected chi connectivity index (χ1v) is 22.0. The number of rotatable bonds is 22. The molecule has 5 rings (SSSR count). The van der Waals surface area contributed by atoms with Gasteiger partial charge in [-0.05, 0) is 69.0 Å². The number of aliphatic imine (C=N–C) groups is 1. The molecule has 2 aromatic rings. The molecule has 0 unspecified atom stereocenters. The highest BCUT2D eigenvalue weighted by Crippen LogP contribution is 2.22. The molecular formula is C44H61N11O10. The summed E-state index contributed by atoms with van der Waals surface area (Å²) < 4.78 is 0. The van der Waals surface area contributed by atoms with Gasteiger partial charge >= 0.3 is 5.97 Å². The summed E-state index contributed by atoms with van der Waals surface area (Å²) in [6, 6.07) is 9.92. The van der Waals surface area contributed by atoms with Crippen molar-refractivity contribution in [1.82, 2.24) is 41.7 Å². The summed E-state index contributed by atoms with van der Waals surface area (Å²) in [5.74, 6) is -5.87. The molecule has 12 N–H and O–H groups in total. The zero-order valence-corrected chi connectivity index (χ0v) is 36.3. The topological polar surface area (TPSA) is 320 Å². The number of benzene rings is 2. The van der Waals surface area contributed by atoms with Gasteiger partial charge in [0.15, 0.2) is 5.96 Å². The SMILES string of the molecule is NC(N)=NCCC[C@@H](NC(=O)[C@@H](Cc1ccccc1)NC(=O)[C@H]1CCCN1C(=O)[C@H](CO)NC(=O)[C@@H](Cc1ccccc1)NC(=O)CNC(=O)[C@@H]1CCCN1C(=O)[C@@H]1CCCN1)C(=O)O. The first kappa shape index (κ1) is 49.4. The minimum Gasteiger partial charge on any atom is -0.480 e. The van der Waals surface area contributed by atoms with Crippen molar-refractivity contribution in [3.05, 3.63) is 71.8 Å². The van der Waals surface area contributed by atoms with Crippen LogP contribution in [0.25, 0.3) is 0 Å². The number of nitrogens with two attached hydrogens (primary N) is 2. The van der Waals surface area contributed by atoms with E-state index < -0.39 is 90.8 Å². The van der Waals surface area contributed by atoms with Crippen molar-refractivity contribution in [2.45, 2.75) is 107 Å². The second kappa shape index (κ2) is 24.5.